The molecule has 0 saturated heterocycles. The molecule has 2 aliphatic rings. The first-order valence-corrected chi connectivity index (χ1v) is 15.8. The molecule has 16 heteroatoms. The summed E-state index contributed by atoms with van der Waals surface area (Å²) in [6.07, 6.45) is 5.99. The van der Waals surface area contributed by atoms with Crippen molar-refractivity contribution in [1.29, 1.82) is 10.5 Å². The van der Waals surface area contributed by atoms with E-state index in [2.05, 4.69) is 53.5 Å². The molecule has 6 N–H and O–H groups in total. The van der Waals surface area contributed by atoms with E-state index in [1.54, 1.807) is 51.0 Å². The molecular weight excluding hydrogens is 648 g/mol. The second-order valence-corrected chi connectivity index (χ2v) is 11.7. The number of carbonyl (C=O) groups is 2. The Kier molecular flexibility index (Phi) is 8.78. The zero-order valence-corrected chi connectivity index (χ0v) is 27.0. The number of hydrogen-bond acceptors (Lipinski definition) is 11. The molecule has 6 aromatic rings. The normalized spacial score (nSPS) is 12.6. The van der Waals surface area contributed by atoms with E-state index in [0.717, 1.165) is 45.2 Å². The molecule has 16 nitrogen and oxygen atoms in total. The average molecular weight is 679 g/mol. The maximum absolute atomic E-state index is 12.3. The van der Waals surface area contributed by atoms with E-state index in [0.29, 0.717) is 55.6 Å². The maximum Gasteiger partial charge on any atom is 0.269 e. The monoisotopic (exact) mass is 678 g/mol. The van der Waals surface area contributed by atoms with Crippen LogP contribution in [0.2, 0.25) is 0 Å². The fourth-order valence-electron chi connectivity index (χ4n) is 5.82. The Bertz CT molecular complexity index is 2280. The van der Waals surface area contributed by atoms with Crippen LogP contribution in [0.1, 0.15) is 49.1 Å². The predicted molar refractivity (Wildman–Crippen MR) is 183 cm³/mol. The third-order valence-corrected chi connectivity index (χ3v) is 8.41. The van der Waals surface area contributed by atoms with Gasteiger partial charge < -0.3 is 26.2 Å². The number of aromatic nitrogens is 7. The minimum Gasteiger partial charge on any atom is -0.366 e. The largest absolute Gasteiger partial charge is 0.366 e. The number of H-pyrrole nitrogens is 2. The smallest absolute Gasteiger partial charge is 0.269 e. The minimum absolute atomic E-state index is 0.249. The Labute approximate surface area is 291 Å². The first-order chi connectivity index (χ1) is 24.9. The van der Waals surface area contributed by atoms with Crippen LogP contribution in [0.5, 0.6) is 0 Å². The van der Waals surface area contributed by atoms with Gasteiger partial charge in [0, 0.05) is 28.5 Å². The first-order valence-electron chi connectivity index (χ1n) is 15.8. The van der Waals surface area contributed by atoms with Gasteiger partial charge in [-0.15, -0.1) is 5.10 Å². The van der Waals surface area contributed by atoms with E-state index >= 15 is 0 Å². The Morgan fingerprint density at radius 1 is 0.863 bits per heavy atom. The quantitative estimate of drug-likeness (QED) is 0.147. The van der Waals surface area contributed by atoms with E-state index in [1.165, 1.54) is 0 Å². The molecule has 0 fully saturated rings. The van der Waals surface area contributed by atoms with Crippen molar-refractivity contribution in [1.82, 2.24) is 50.3 Å². The summed E-state index contributed by atoms with van der Waals surface area (Å²) < 4.78 is 1.78. The summed E-state index contributed by atoms with van der Waals surface area (Å²) in [6.45, 7) is 2.31. The van der Waals surface area contributed by atoms with Gasteiger partial charge >= 0.3 is 0 Å². The fourth-order valence-corrected chi connectivity index (χ4v) is 5.82. The van der Waals surface area contributed by atoms with E-state index in [-0.39, 0.29) is 5.91 Å². The summed E-state index contributed by atoms with van der Waals surface area (Å²) in [5, 5.41) is 43.0. The number of amides is 2. The van der Waals surface area contributed by atoms with Gasteiger partial charge in [-0.2, -0.15) is 20.7 Å². The SMILES string of the molecule is N#CN1Cc2[nH]nc(CNC(=O)c3cc(-c4ccccc4)n[nH]3)c2C1.N#CN1Cc2c(Nc3ccccn3)nn(-c3ccc(C(N)=O)cc3)c2C1. The maximum atomic E-state index is 12.3. The first kappa shape index (κ1) is 32.1. The average Bonchev–Trinajstić information content (AvgIpc) is 4.00. The Morgan fingerprint density at radius 2 is 1.61 bits per heavy atom. The molecule has 2 aromatic carbocycles. The van der Waals surface area contributed by atoms with Gasteiger partial charge in [-0.1, -0.05) is 36.4 Å². The summed E-state index contributed by atoms with van der Waals surface area (Å²) in [6, 6.07) is 23.8. The van der Waals surface area contributed by atoms with E-state index in [4.69, 9.17) is 11.0 Å². The second kappa shape index (κ2) is 14.0. The molecule has 2 amide bonds. The van der Waals surface area contributed by atoms with Crippen molar-refractivity contribution < 1.29 is 9.59 Å². The highest BCUT2D eigenvalue weighted by Gasteiger charge is 2.28. The standard InChI is InChI=1S/C18H15N7O.C17H15N7O/c19-11-24-9-14-15(10-24)25(13-6-4-12(5-7-13)17(20)26)23-18(14)22-16-3-1-2-8-21-16;18-10-24-8-12-15(22-23-16(12)9-24)7-19-17(25)14-6-13(20-21-14)11-4-2-1-3-5-11/h1-8H,9-10H2,(H2,20,26)(H,21,22,23);1-6H,7-9H2,(H,19,25)(H,20,21)(H,22,23). The highest BCUT2D eigenvalue weighted by Crippen LogP contribution is 2.32. The lowest BCUT2D eigenvalue weighted by Gasteiger charge is -2.10. The molecule has 0 aliphatic carbocycles. The minimum atomic E-state index is -0.476. The Morgan fingerprint density at radius 3 is 2.33 bits per heavy atom. The van der Waals surface area contributed by atoms with Crippen molar-refractivity contribution in [2.24, 2.45) is 5.73 Å². The number of nitrogens with one attached hydrogen (secondary N) is 4. The van der Waals surface area contributed by atoms with Gasteiger partial charge in [0.1, 0.15) is 11.5 Å². The lowest BCUT2D eigenvalue weighted by atomic mass is 10.1. The van der Waals surface area contributed by atoms with E-state index in [9.17, 15) is 14.9 Å². The van der Waals surface area contributed by atoms with Crippen molar-refractivity contribution in [3.8, 4) is 29.3 Å². The highest BCUT2D eigenvalue weighted by atomic mass is 16.2. The fraction of sp³-hybridized carbons (Fsp3) is 0.143. The lowest BCUT2D eigenvalue weighted by Crippen LogP contribution is -2.24. The molecule has 0 spiro atoms. The molecule has 8 rings (SSSR count). The number of anilines is 2. The number of nitrogens with zero attached hydrogens (tertiary/aromatic N) is 9. The second-order valence-electron chi connectivity index (χ2n) is 11.7. The summed E-state index contributed by atoms with van der Waals surface area (Å²) in [4.78, 5) is 31.1. The van der Waals surface area contributed by atoms with Crippen LogP contribution in [-0.2, 0) is 32.7 Å². The topological polar surface area (TPSA) is 226 Å². The number of nitriles is 2. The van der Waals surface area contributed by atoms with Crippen LogP contribution in [0.25, 0.3) is 16.9 Å². The molecule has 51 heavy (non-hydrogen) atoms. The van der Waals surface area contributed by atoms with Crippen molar-refractivity contribution in [3.63, 3.8) is 0 Å². The van der Waals surface area contributed by atoms with E-state index in [1.807, 2.05) is 48.5 Å². The zero-order chi connectivity index (χ0) is 35.3. The summed E-state index contributed by atoms with van der Waals surface area (Å²) in [5.41, 5.74) is 13.1. The highest BCUT2D eigenvalue weighted by molar-refractivity contribution is 5.93. The Hall–Kier alpha value is -7.46. The van der Waals surface area contributed by atoms with Gasteiger partial charge in [0.15, 0.2) is 18.2 Å². The van der Waals surface area contributed by atoms with Gasteiger partial charge in [0.2, 0.25) is 5.91 Å². The molecule has 4 aromatic heterocycles. The van der Waals surface area contributed by atoms with Crippen molar-refractivity contribution in [2.45, 2.75) is 32.7 Å². The van der Waals surface area contributed by atoms with Gasteiger partial charge in [-0.25, -0.2) is 9.67 Å². The Balaban J connectivity index is 0.000000159. The number of carbonyl (C=O) groups excluding carboxylic acids is 2. The molecule has 252 valence electrons. The third kappa shape index (κ3) is 6.78. The lowest BCUT2D eigenvalue weighted by molar-refractivity contribution is 0.0944. The number of fused-ring (bicyclic) bond motifs is 2. The van der Waals surface area contributed by atoms with Crippen LogP contribution in [-0.4, -0.2) is 56.8 Å². The van der Waals surface area contributed by atoms with Crippen molar-refractivity contribution >= 4 is 23.5 Å². The van der Waals surface area contributed by atoms with Crippen LogP contribution in [0, 0.1) is 22.9 Å². The molecule has 0 radical (unpaired) electrons. The van der Waals surface area contributed by atoms with Crippen LogP contribution in [0.15, 0.2) is 85.1 Å². The summed E-state index contributed by atoms with van der Waals surface area (Å²) >= 11 is 0. The number of rotatable bonds is 8. The van der Waals surface area contributed by atoms with Crippen LogP contribution in [0.3, 0.4) is 0 Å². The van der Waals surface area contributed by atoms with Crippen molar-refractivity contribution in [2.75, 3.05) is 5.32 Å². The predicted octanol–water partition coefficient (Wildman–Crippen LogP) is 3.43. The third-order valence-electron chi connectivity index (χ3n) is 8.41. The van der Waals surface area contributed by atoms with Gasteiger partial charge in [0.05, 0.1) is 61.2 Å². The van der Waals surface area contributed by atoms with Crippen LogP contribution < -0.4 is 16.4 Å². The molecule has 0 saturated carbocycles. The van der Waals surface area contributed by atoms with Crippen LogP contribution in [0.4, 0.5) is 11.6 Å². The zero-order valence-electron chi connectivity index (χ0n) is 27.0. The summed E-state index contributed by atoms with van der Waals surface area (Å²) in [7, 11) is 0. The van der Waals surface area contributed by atoms with Crippen LogP contribution >= 0.6 is 0 Å². The number of hydrogen-bond donors (Lipinski definition) is 5. The number of nitrogens with two attached hydrogens (primary N) is 1. The number of pyridine rings is 1. The number of primary amides is 1. The molecule has 2 aliphatic heterocycles. The number of aromatic amines is 2. The number of benzene rings is 2. The van der Waals surface area contributed by atoms with Crippen molar-refractivity contribution in [3.05, 3.63) is 125 Å². The molecular formula is C35H30N14O2. The molecule has 6 heterocycles. The van der Waals surface area contributed by atoms with E-state index < -0.39 is 5.91 Å². The molecule has 0 unspecified atom stereocenters. The van der Waals surface area contributed by atoms with Gasteiger partial charge in [-0.3, -0.25) is 19.8 Å². The molecule has 0 bridgehead atoms. The molecule has 0 atom stereocenters. The van der Waals surface area contributed by atoms with Gasteiger partial charge in [-0.05, 0) is 42.5 Å². The summed E-state index contributed by atoms with van der Waals surface area (Å²) in [5.74, 6) is 0.617. The van der Waals surface area contributed by atoms with Gasteiger partial charge in [0.25, 0.3) is 5.91 Å².